The van der Waals surface area contributed by atoms with Crippen LogP contribution in [-0.4, -0.2) is 16.0 Å². The van der Waals surface area contributed by atoms with Crippen molar-refractivity contribution in [3.63, 3.8) is 0 Å². The van der Waals surface area contributed by atoms with Gasteiger partial charge in [-0.05, 0) is 53.3 Å². The summed E-state index contributed by atoms with van der Waals surface area (Å²) in [7, 11) is -0.805. The van der Waals surface area contributed by atoms with Crippen LogP contribution in [0.3, 0.4) is 0 Å². The monoisotopic (exact) mass is 337 g/mol. The molecule has 0 spiro atoms. The van der Waals surface area contributed by atoms with E-state index < -0.39 is 10.8 Å². The fourth-order valence-corrected chi connectivity index (χ4v) is 2.82. The fraction of sp³-hybridized carbons (Fsp3) is 0.455. The summed E-state index contributed by atoms with van der Waals surface area (Å²) >= 11 is 2.26. The van der Waals surface area contributed by atoms with E-state index in [2.05, 4.69) is 22.6 Å². The summed E-state index contributed by atoms with van der Waals surface area (Å²) in [4.78, 5) is 0. The number of benzene rings is 1. The van der Waals surface area contributed by atoms with Gasteiger partial charge in [0.2, 0.25) is 0 Å². The first-order valence-electron chi connectivity index (χ1n) is 4.95. The van der Waals surface area contributed by atoms with E-state index in [-0.39, 0.29) is 5.25 Å². The van der Waals surface area contributed by atoms with E-state index in [9.17, 15) is 4.21 Å². The normalized spacial score (nSPS) is 14.9. The summed E-state index contributed by atoms with van der Waals surface area (Å²) in [6.07, 6.45) is 0.830. The van der Waals surface area contributed by atoms with Gasteiger partial charge in [0.15, 0.2) is 0 Å². The molecule has 4 heteroatoms. The molecule has 2 unspecified atom stereocenters. The molecule has 0 saturated carbocycles. The molecule has 2 N–H and O–H groups in total. The SMILES string of the molecule is CC(CCN)S(=O)Cc1ccc(I)cc1. The van der Waals surface area contributed by atoms with Gasteiger partial charge >= 0.3 is 0 Å². The molecule has 0 aromatic heterocycles. The molecule has 1 rings (SSSR count). The molecule has 84 valence electrons. The van der Waals surface area contributed by atoms with Crippen LogP contribution in [0.5, 0.6) is 0 Å². The quantitative estimate of drug-likeness (QED) is 0.838. The lowest BCUT2D eigenvalue weighted by atomic mass is 10.2. The Morgan fingerprint density at radius 2 is 2.00 bits per heavy atom. The molecular formula is C11H16INOS. The topological polar surface area (TPSA) is 43.1 Å². The highest BCUT2D eigenvalue weighted by Crippen LogP contribution is 2.11. The van der Waals surface area contributed by atoms with E-state index in [0.29, 0.717) is 12.3 Å². The van der Waals surface area contributed by atoms with Crippen LogP contribution in [0.15, 0.2) is 24.3 Å². The minimum absolute atomic E-state index is 0.189. The van der Waals surface area contributed by atoms with Gasteiger partial charge in [0.25, 0.3) is 0 Å². The smallest absolute Gasteiger partial charge is 0.0488 e. The average molecular weight is 337 g/mol. The van der Waals surface area contributed by atoms with E-state index in [0.717, 1.165) is 12.0 Å². The number of hydrogen-bond acceptors (Lipinski definition) is 2. The zero-order chi connectivity index (χ0) is 11.3. The highest BCUT2D eigenvalue weighted by molar-refractivity contribution is 14.1. The first-order valence-corrected chi connectivity index (χ1v) is 7.41. The van der Waals surface area contributed by atoms with Crippen LogP contribution < -0.4 is 5.73 Å². The Kier molecular flexibility index (Phi) is 5.78. The van der Waals surface area contributed by atoms with E-state index in [1.54, 1.807) is 0 Å². The number of nitrogens with two attached hydrogens (primary N) is 1. The van der Waals surface area contributed by atoms with Gasteiger partial charge in [0.1, 0.15) is 0 Å². The second-order valence-electron chi connectivity index (χ2n) is 3.54. The summed E-state index contributed by atoms with van der Waals surface area (Å²) in [6, 6.07) is 8.16. The van der Waals surface area contributed by atoms with Crippen LogP contribution in [-0.2, 0) is 16.6 Å². The Morgan fingerprint density at radius 3 is 2.53 bits per heavy atom. The molecule has 2 nitrogen and oxygen atoms in total. The third kappa shape index (κ3) is 4.61. The summed E-state index contributed by atoms with van der Waals surface area (Å²) in [6.45, 7) is 2.61. The molecule has 0 saturated heterocycles. The molecule has 0 aliphatic heterocycles. The van der Waals surface area contributed by atoms with Crippen molar-refractivity contribution in [1.29, 1.82) is 0 Å². The van der Waals surface area contributed by atoms with Crippen LogP contribution in [0.4, 0.5) is 0 Å². The molecule has 0 bridgehead atoms. The maximum Gasteiger partial charge on any atom is 0.0488 e. The largest absolute Gasteiger partial charge is 0.330 e. The van der Waals surface area contributed by atoms with Crippen molar-refractivity contribution in [3.05, 3.63) is 33.4 Å². The third-order valence-electron chi connectivity index (χ3n) is 2.24. The first-order chi connectivity index (χ1) is 7.13. The zero-order valence-corrected chi connectivity index (χ0v) is 11.8. The highest BCUT2D eigenvalue weighted by Gasteiger charge is 2.10. The first kappa shape index (κ1) is 13.1. The van der Waals surface area contributed by atoms with Crippen LogP contribution in [0, 0.1) is 3.57 Å². The molecular weight excluding hydrogens is 321 g/mol. The number of halogens is 1. The maximum atomic E-state index is 11.8. The fourth-order valence-electron chi connectivity index (χ4n) is 1.25. The minimum Gasteiger partial charge on any atom is -0.330 e. The molecule has 15 heavy (non-hydrogen) atoms. The number of hydrogen-bond donors (Lipinski definition) is 1. The van der Waals surface area contributed by atoms with Gasteiger partial charge in [-0.15, -0.1) is 0 Å². The van der Waals surface area contributed by atoms with E-state index in [1.807, 2.05) is 31.2 Å². The van der Waals surface area contributed by atoms with Crippen LogP contribution in [0.1, 0.15) is 18.9 Å². The van der Waals surface area contributed by atoms with Gasteiger partial charge < -0.3 is 5.73 Å². The summed E-state index contributed by atoms with van der Waals surface area (Å²) in [5.74, 6) is 0.637. The summed E-state index contributed by atoms with van der Waals surface area (Å²) in [5, 5.41) is 0.189. The van der Waals surface area contributed by atoms with Crippen molar-refractivity contribution in [3.8, 4) is 0 Å². The Labute approximate surface area is 107 Å². The van der Waals surface area contributed by atoms with Crippen molar-refractivity contribution < 1.29 is 4.21 Å². The molecule has 1 aromatic rings. The van der Waals surface area contributed by atoms with Crippen LogP contribution in [0.2, 0.25) is 0 Å². The Hall–Kier alpha value is 0.0600. The predicted molar refractivity (Wildman–Crippen MR) is 74.1 cm³/mol. The highest BCUT2D eigenvalue weighted by atomic mass is 127. The van der Waals surface area contributed by atoms with Gasteiger partial charge in [0.05, 0.1) is 0 Å². The standard InChI is InChI=1S/C11H16INOS/c1-9(6-7-13)15(14)8-10-2-4-11(12)5-3-10/h2-5,9H,6-8,13H2,1H3. The van der Waals surface area contributed by atoms with Crippen molar-refractivity contribution in [2.75, 3.05) is 6.54 Å². The third-order valence-corrected chi connectivity index (χ3v) is 4.71. The Balaban J connectivity index is 2.54. The molecule has 0 amide bonds. The van der Waals surface area contributed by atoms with Crippen molar-refractivity contribution in [2.24, 2.45) is 5.73 Å². The van der Waals surface area contributed by atoms with E-state index >= 15 is 0 Å². The lowest BCUT2D eigenvalue weighted by molar-refractivity contribution is 0.665. The Bertz CT molecular complexity index is 326. The predicted octanol–water partition coefficient (Wildman–Crippen LogP) is 2.28. The van der Waals surface area contributed by atoms with Crippen LogP contribution in [0.25, 0.3) is 0 Å². The molecule has 0 radical (unpaired) electrons. The van der Waals surface area contributed by atoms with Gasteiger partial charge in [0, 0.05) is 25.4 Å². The van der Waals surface area contributed by atoms with Gasteiger partial charge in [-0.1, -0.05) is 19.1 Å². The van der Waals surface area contributed by atoms with Gasteiger partial charge in [-0.2, -0.15) is 0 Å². The molecule has 1 aromatic carbocycles. The summed E-state index contributed by atoms with van der Waals surface area (Å²) in [5.41, 5.74) is 6.58. The van der Waals surface area contributed by atoms with Gasteiger partial charge in [-0.3, -0.25) is 4.21 Å². The second-order valence-corrected chi connectivity index (χ2v) is 6.64. The lowest BCUT2D eigenvalue weighted by Gasteiger charge is -2.09. The van der Waals surface area contributed by atoms with Gasteiger partial charge in [-0.25, -0.2) is 0 Å². The zero-order valence-electron chi connectivity index (χ0n) is 8.78. The molecule has 0 fully saturated rings. The lowest BCUT2D eigenvalue weighted by Crippen LogP contribution is -2.17. The Morgan fingerprint density at radius 1 is 1.40 bits per heavy atom. The van der Waals surface area contributed by atoms with Crippen LogP contribution >= 0.6 is 22.6 Å². The van der Waals surface area contributed by atoms with Crippen molar-refractivity contribution >= 4 is 33.4 Å². The van der Waals surface area contributed by atoms with Crippen molar-refractivity contribution in [2.45, 2.75) is 24.3 Å². The second kappa shape index (κ2) is 6.60. The molecule has 0 aliphatic carbocycles. The molecule has 2 atom stereocenters. The van der Waals surface area contributed by atoms with E-state index in [4.69, 9.17) is 5.73 Å². The minimum atomic E-state index is -0.805. The number of rotatable bonds is 5. The maximum absolute atomic E-state index is 11.8. The molecule has 0 aliphatic rings. The van der Waals surface area contributed by atoms with E-state index in [1.165, 1.54) is 3.57 Å². The van der Waals surface area contributed by atoms with Crippen molar-refractivity contribution in [1.82, 2.24) is 0 Å². The molecule has 0 heterocycles. The average Bonchev–Trinajstić information content (AvgIpc) is 2.22. The summed E-state index contributed by atoms with van der Waals surface area (Å²) < 4.78 is 13.0.